The third-order valence-corrected chi connectivity index (χ3v) is 8.34. The van der Waals surface area contributed by atoms with Crippen molar-refractivity contribution in [2.45, 2.75) is 44.7 Å². The van der Waals surface area contributed by atoms with E-state index in [1.807, 2.05) is 41.3 Å². The molecule has 9 nitrogen and oxygen atoms in total. The number of halogens is 1. The first-order valence-electron chi connectivity index (χ1n) is 14.0. The number of para-hydroxylation sites is 1. The van der Waals surface area contributed by atoms with Gasteiger partial charge >= 0.3 is 0 Å². The molecule has 2 aliphatic heterocycles. The van der Waals surface area contributed by atoms with Crippen molar-refractivity contribution in [1.82, 2.24) is 9.80 Å². The van der Waals surface area contributed by atoms with Crippen molar-refractivity contribution < 1.29 is 22.7 Å². The van der Waals surface area contributed by atoms with E-state index in [9.17, 15) is 18.0 Å². The van der Waals surface area contributed by atoms with Gasteiger partial charge in [-0.3, -0.25) is 19.2 Å². The van der Waals surface area contributed by atoms with E-state index in [1.54, 1.807) is 36.4 Å². The quantitative estimate of drug-likeness (QED) is 0.330. The van der Waals surface area contributed by atoms with Crippen LogP contribution in [0.2, 0.25) is 0 Å². The molecule has 0 atom stereocenters. The number of benzene rings is 3. The number of ether oxygens (including phenoxy) is 1. The Balaban J connectivity index is 0.00000405. The number of likely N-dealkylation sites (tertiary alicyclic amines) is 1. The van der Waals surface area contributed by atoms with Crippen molar-refractivity contribution in [3.8, 4) is 11.5 Å². The van der Waals surface area contributed by atoms with Gasteiger partial charge in [-0.25, -0.2) is 8.42 Å². The van der Waals surface area contributed by atoms with Crippen LogP contribution in [0.1, 0.15) is 48.5 Å². The normalized spacial score (nSPS) is 16.7. The van der Waals surface area contributed by atoms with E-state index in [-0.39, 0.29) is 24.2 Å². The first kappa shape index (κ1) is 31.3. The van der Waals surface area contributed by atoms with Gasteiger partial charge in [0.05, 0.1) is 17.5 Å². The number of carbonyl (C=O) groups excluding carboxylic acids is 2. The number of anilines is 2. The van der Waals surface area contributed by atoms with Crippen LogP contribution in [0.5, 0.6) is 11.5 Å². The van der Waals surface area contributed by atoms with Crippen molar-refractivity contribution in [3.63, 3.8) is 0 Å². The van der Waals surface area contributed by atoms with Gasteiger partial charge in [0, 0.05) is 31.9 Å². The molecule has 3 aromatic rings. The number of nitrogens with zero attached hydrogens (tertiary/aromatic N) is 2. The highest BCUT2D eigenvalue weighted by atomic mass is 35.5. The smallest absolute Gasteiger partial charge is 0.256 e. The van der Waals surface area contributed by atoms with Gasteiger partial charge in [-0.15, -0.1) is 12.4 Å². The zero-order valence-corrected chi connectivity index (χ0v) is 25.5. The van der Waals surface area contributed by atoms with E-state index in [1.165, 1.54) is 0 Å². The molecule has 0 aliphatic carbocycles. The third kappa shape index (κ3) is 7.06. The molecule has 42 heavy (non-hydrogen) atoms. The lowest BCUT2D eigenvalue weighted by Crippen LogP contribution is -2.62. The van der Waals surface area contributed by atoms with E-state index < -0.39 is 15.6 Å². The van der Waals surface area contributed by atoms with Crippen LogP contribution in [-0.4, -0.2) is 61.5 Å². The lowest BCUT2D eigenvalue weighted by molar-refractivity contribution is -0.129. The van der Waals surface area contributed by atoms with Gasteiger partial charge in [-0.1, -0.05) is 37.6 Å². The molecule has 0 saturated carbocycles. The van der Waals surface area contributed by atoms with Crippen LogP contribution in [0.4, 0.5) is 11.4 Å². The van der Waals surface area contributed by atoms with Crippen LogP contribution in [0.15, 0.2) is 72.8 Å². The van der Waals surface area contributed by atoms with Crippen LogP contribution >= 0.6 is 12.4 Å². The number of carbonyl (C=O) groups is 2. The maximum absolute atomic E-state index is 13.6. The fourth-order valence-corrected chi connectivity index (χ4v) is 6.12. The highest BCUT2D eigenvalue weighted by Crippen LogP contribution is 2.37. The summed E-state index contributed by atoms with van der Waals surface area (Å²) in [6, 6.07) is 21.9. The Morgan fingerprint density at radius 1 is 0.929 bits per heavy atom. The summed E-state index contributed by atoms with van der Waals surface area (Å²) in [5.74, 6) is 1.12. The maximum Gasteiger partial charge on any atom is 0.256 e. The Morgan fingerprint density at radius 3 is 2.17 bits per heavy atom. The monoisotopic (exact) mass is 612 g/mol. The van der Waals surface area contributed by atoms with Gasteiger partial charge in [-0.05, 0) is 73.4 Å². The Kier molecular flexibility index (Phi) is 9.81. The molecule has 1 fully saturated rings. The van der Waals surface area contributed by atoms with Crippen molar-refractivity contribution >= 4 is 45.6 Å². The van der Waals surface area contributed by atoms with E-state index in [2.05, 4.69) is 21.9 Å². The Labute approximate surface area is 253 Å². The molecule has 2 aliphatic rings. The molecular weight excluding hydrogens is 576 g/mol. The summed E-state index contributed by atoms with van der Waals surface area (Å²) in [7, 11) is -3.33. The van der Waals surface area contributed by atoms with Gasteiger partial charge < -0.3 is 15.0 Å². The minimum absolute atomic E-state index is 0. The number of piperidine rings is 1. The third-order valence-electron chi connectivity index (χ3n) is 7.73. The average molecular weight is 613 g/mol. The highest BCUT2D eigenvalue weighted by Gasteiger charge is 2.50. The predicted molar refractivity (Wildman–Crippen MR) is 167 cm³/mol. The molecule has 2 amide bonds. The van der Waals surface area contributed by atoms with Crippen LogP contribution in [-0.2, 0) is 21.4 Å². The molecule has 1 spiro atoms. The van der Waals surface area contributed by atoms with Crippen molar-refractivity contribution in [2.24, 2.45) is 0 Å². The number of nitrogens with one attached hydrogen (secondary N) is 2. The lowest BCUT2D eigenvalue weighted by atomic mass is 9.84. The van der Waals surface area contributed by atoms with Gasteiger partial charge in [0.2, 0.25) is 15.9 Å². The predicted octanol–water partition coefficient (Wildman–Crippen LogP) is 5.50. The molecule has 0 aromatic heterocycles. The summed E-state index contributed by atoms with van der Waals surface area (Å²) < 4.78 is 31.1. The minimum atomic E-state index is -3.33. The Morgan fingerprint density at radius 2 is 1.55 bits per heavy atom. The fourth-order valence-electron chi connectivity index (χ4n) is 5.55. The number of rotatable bonds is 9. The minimum Gasteiger partial charge on any atom is -0.457 e. The van der Waals surface area contributed by atoms with E-state index in [4.69, 9.17) is 4.74 Å². The zero-order valence-electron chi connectivity index (χ0n) is 23.8. The maximum atomic E-state index is 13.6. The molecule has 224 valence electrons. The Bertz CT molecular complexity index is 1510. The molecule has 11 heteroatoms. The van der Waals surface area contributed by atoms with Gasteiger partial charge in [0.1, 0.15) is 17.0 Å². The summed E-state index contributed by atoms with van der Waals surface area (Å²) in [5.41, 5.74) is 1.89. The second kappa shape index (κ2) is 13.1. The standard InChI is InChI=1S/C31H36N4O5S.ClH/c1-3-4-19-35-29(36)27-7-5-6-8-28(27)32-30(37)31(35)17-20-34(21-18-31)22-23-9-13-25(14-10-23)40-26-15-11-24(12-16-26)33-41(2,38)39;/h5-16,33H,3-4,17-22H2,1-2H3,(H,32,37);1H. The number of fused-ring (bicyclic) bond motifs is 1. The second-order valence-electron chi connectivity index (χ2n) is 10.8. The van der Waals surface area contributed by atoms with Crippen molar-refractivity contribution in [2.75, 3.05) is 35.9 Å². The number of hydrogen-bond acceptors (Lipinski definition) is 6. The summed E-state index contributed by atoms with van der Waals surface area (Å²) in [6.45, 7) is 4.79. The fraction of sp³-hybridized carbons (Fsp3) is 0.355. The molecule has 2 N–H and O–H groups in total. The van der Waals surface area contributed by atoms with Gasteiger partial charge in [0.15, 0.2) is 0 Å². The molecule has 0 unspecified atom stereocenters. The second-order valence-corrected chi connectivity index (χ2v) is 12.5. The molecule has 0 bridgehead atoms. The Hall–Kier alpha value is -3.60. The van der Waals surface area contributed by atoms with Crippen LogP contribution < -0.4 is 14.8 Å². The number of unbranched alkanes of at least 4 members (excludes halogenated alkanes) is 1. The summed E-state index contributed by atoms with van der Waals surface area (Å²) >= 11 is 0. The van der Waals surface area contributed by atoms with Gasteiger partial charge in [0.25, 0.3) is 5.91 Å². The molecule has 3 aromatic carbocycles. The van der Waals surface area contributed by atoms with Crippen LogP contribution in [0.3, 0.4) is 0 Å². The van der Waals surface area contributed by atoms with Crippen molar-refractivity contribution in [1.29, 1.82) is 0 Å². The summed E-state index contributed by atoms with van der Waals surface area (Å²) in [4.78, 5) is 31.4. The van der Waals surface area contributed by atoms with Gasteiger partial charge in [-0.2, -0.15) is 0 Å². The summed E-state index contributed by atoms with van der Waals surface area (Å²) in [5, 5.41) is 3.06. The molecular formula is C31H37ClN4O5S. The first-order chi connectivity index (χ1) is 19.7. The zero-order chi connectivity index (χ0) is 29.0. The van der Waals surface area contributed by atoms with E-state index in [0.29, 0.717) is 60.9 Å². The largest absolute Gasteiger partial charge is 0.457 e. The molecule has 0 radical (unpaired) electrons. The molecule has 1 saturated heterocycles. The topological polar surface area (TPSA) is 108 Å². The molecule has 2 heterocycles. The van der Waals surface area contributed by atoms with Crippen LogP contribution in [0, 0.1) is 0 Å². The number of sulfonamides is 1. The average Bonchev–Trinajstić information content (AvgIpc) is 3.03. The number of amides is 2. The van der Waals surface area contributed by atoms with E-state index >= 15 is 0 Å². The highest BCUT2D eigenvalue weighted by molar-refractivity contribution is 7.92. The number of hydrogen-bond donors (Lipinski definition) is 2. The van der Waals surface area contributed by atoms with Crippen LogP contribution in [0.25, 0.3) is 0 Å². The van der Waals surface area contributed by atoms with E-state index in [0.717, 1.165) is 31.2 Å². The summed E-state index contributed by atoms with van der Waals surface area (Å²) in [6.07, 6.45) is 4.06. The van der Waals surface area contributed by atoms with Crippen molar-refractivity contribution in [3.05, 3.63) is 83.9 Å². The molecule has 5 rings (SSSR count). The first-order valence-corrected chi connectivity index (χ1v) is 15.9. The lowest BCUT2D eigenvalue weighted by Gasteiger charge is -2.46. The SMILES string of the molecule is CCCCN1C(=O)c2ccccc2NC(=O)C12CCN(Cc1ccc(Oc3ccc(NS(C)(=O)=O)cc3)cc1)CC2.Cl.